The fourth-order valence-electron chi connectivity index (χ4n) is 2.80. The molecule has 0 saturated carbocycles. The third kappa shape index (κ3) is 6.15. The van der Waals surface area contributed by atoms with Crippen LogP contribution in [0, 0.1) is 0 Å². The predicted octanol–water partition coefficient (Wildman–Crippen LogP) is 0.984. The highest BCUT2D eigenvalue weighted by molar-refractivity contribution is 5.87. The summed E-state index contributed by atoms with van der Waals surface area (Å²) >= 11 is 0. The lowest BCUT2D eigenvalue weighted by molar-refractivity contribution is -0.138. The van der Waals surface area contributed by atoms with Crippen LogP contribution >= 0.6 is 24.8 Å². The Morgan fingerprint density at radius 1 is 1.12 bits per heavy atom. The second kappa shape index (κ2) is 10.6. The van der Waals surface area contributed by atoms with Crippen molar-refractivity contribution in [3.8, 4) is 0 Å². The SMILES string of the molecule is CCNC(=O)CN1CCN(C(=O)C(C)(N)c2ccccc2)CC1.Cl.Cl. The van der Waals surface area contributed by atoms with Gasteiger partial charge in [0, 0.05) is 32.7 Å². The van der Waals surface area contributed by atoms with E-state index in [2.05, 4.69) is 10.2 Å². The molecule has 0 spiro atoms. The molecule has 2 amide bonds. The molecule has 0 radical (unpaired) electrons. The number of halogens is 2. The van der Waals surface area contributed by atoms with Crippen LogP contribution in [0.4, 0.5) is 0 Å². The average molecular weight is 391 g/mol. The smallest absolute Gasteiger partial charge is 0.247 e. The second-order valence-corrected chi connectivity index (χ2v) is 6.09. The van der Waals surface area contributed by atoms with E-state index in [9.17, 15) is 9.59 Å². The van der Waals surface area contributed by atoms with Crippen LogP contribution in [0.3, 0.4) is 0 Å². The number of hydrogen-bond donors (Lipinski definition) is 2. The molecule has 1 heterocycles. The van der Waals surface area contributed by atoms with Crippen molar-refractivity contribution in [3.63, 3.8) is 0 Å². The summed E-state index contributed by atoms with van der Waals surface area (Å²) in [6.45, 7) is 7.25. The Hall–Kier alpha value is -1.34. The summed E-state index contributed by atoms with van der Waals surface area (Å²) in [6.07, 6.45) is 0. The molecule has 0 bridgehead atoms. The Morgan fingerprint density at radius 3 is 2.20 bits per heavy atom. The lowest BCUT2D eigenvalue weighted by Gasteiger charge is -2.38. The Balaban J connectivity index is 0.00000288. The van der Waals surface area contributed by atoms with Gasteiger partial charge in [-0.25, -0.2) is 0 Å². The molecule has 1 aromatic carbocycles. The van der Waals surface area contributed by atoms with E-state index in [4.69, 9.17) is 5.73 Å². The molecule has 3 N–H and O–H groups in total. The third-order valence-corrected chi connectivity index (χ3v) is 4.22. The topological polar surface area (TPSA) is 78.7 Å². The lowest BCUT2D eigenvalue weighted by atomic mass is 9.91. The summed E-state index contributed by atoms with van der Waals surface area (Å²) in [7, 11) is 0. The first-order chi connectivity index (χ1) is 10.9. The molecular formula is C17H28Cl2N4O2. The van der Waals surface area contributed by atoms with Gasteiger partial charge in [0.15, 0.2) is 0 Å². The third-order valence-electron chi connectivity index (χ3n) is 4.22. The van der Waals surface area contributed by atoms with E-state index in [1.54, 1.807) is 11.8 Å². The Kier molecular flexibility index (Phi) is 10.0. The van der Waals surface area contributed by atoms with Crippen molar-refractivity contribution < 1.29 is 9.59 Å². The van der Waals surface area contributed by atoms with Gasteiger partial charge in [-0.3, -0.25) is 14.5 Å². The van der Waals surface area contributed by atoms with Crippen LogP contribution in [0.5, 0.6) is 0 Å². The number of hydrogen-bond acceptors (Lipinski definition) is 4. The summed E-state index contributed by atoms with van der Waals surface area (Å²) in [6, 6.07) is 9.44. The van der Waals surface area contributed by atoms with Crippen molar-refractivity contribution in [2.24, 2.45) is 5.73 Å². The van der Waals surface area contributed by atoms with Crippen LogP contribution in [0.25, 0.3) is 0 Å². The first-order valence-corrected chi connectivity index (χ1v) is 8.08. The number of carbonyl (C=O) groups excluding carboxylic acids is 2. The van der Waals surface area contributed by atoms with Crippen molar-refractivity contribution >= 4 is 36.6 Å². The zero-order chi connectivity index (χ0) is 16.9. The molecule has 1 aliphatic rings. The highest BCUT2D eigenvalue weighted by Gasteiger charge is 2.35. The molecule has 1 atom stereocenters. The van der Waals surface area contributed by atoms with Crippen molar-refractivity contribution in [3.05, 3.63) is 35.9 Å². The first-order valence-electron chi connectivity index (χ1n) is 8.08. The molecule has 1 saturated heterocycles. The molecule has 1 unspecified atom stereocenters. The minimum Gasteiger partial charge on any atom is -0.355 e. The highest BCUT2D eigenvalue weighted by atomic mass is 35.5. The van der Waals surface area contributed by atoms with E-state index in [0.29, 0.717) is 39.3 Å². The molecule has 0 aliphatic carbocycles. The fraction of sp³-hybridized carbons (Fsp3) is 0.529. The van der Waals surface area contributed by atoms with Gasteiger partial charge in [-0.2, -0.15) is 0 Å². The molecular weight excluding hydrogens is 363 g/mol. The van der Waals surface area contributed by atoms with Gasteiger partial charge in [-0.1, -0.05) is 30.3 Å². The van der Waals surface area contributed by atoms with Crippen LogP contribution in [-0.4, -0.2) is 60.9 Å². The van der Waals surface area contributed by atoms with E-state index < -0.39 is 5.54 Å². The van der Waals surface area contributed by atoms with Crippen LogP contribution in [0.1, 0.15) is 19.4 Å². The molecule has 25 heavy (non-hydrogen) atoms. The molecule has 0 aromatic heterocycles. The van der Waals surface area contributed by atoms with E-state index in [1.165, 1.54) is 0 Å². The van der Waals surface area contributed by atoms with Crippen LogP contribution in [0.15, 0.2) is 30.3 Å². The van der Waals surface area contributed by atoms with Crippen LogP contribution in [0.2, 0.25) is 0 Å². The van der Waals surface area contributed by atoms with E-state index in [1.807, 2.05) is 37.3 Å². The Labute approximate surface area is 161 Å². The fourth-order valence-corrected chi connectivity index (χ4v) is 2.80. The molecule has 142 valence electrons. The maximum absolute atomic E-state index is 12.8. The first kappa shape index (κ1) is 23.7. The van der Waals surface area contributed by atoms with Crippen molar-refractivity contribution in [1.82, 2.24) is 15.1 Å². The molecule has 8 heteroatoms. The maximum atomic E-state index is 12.8. The number of rotatable bonds is 5. The van der Waals surface area contributed by atoms with Crippen LogP contribution < -0.4 is 11.1 Å². The van der Waals surface area contributed by atoms with Crippen molar-refractivity contribution in [2.45, 2.75) is 19.4 Å². The number of piperazine rings is 1. The van der Waals surface area contributed by atoms with Gasteiger partial charge in [0.05, 0.1) is 6.54 Å². The largest absolute Gasteiger partial charge is 0.355 e. The maximum Gasteiger partial charge on any atom is 0.247 e. The minimum absolute atomic E-state index is 0. The van der Waals surface area contributed by atoms with Gasteiger partial charge in [-0.15, -0.1) is 24.8 Å². The number of likely N-dealkylation sites (N-methyl/N-ethyl adjacent to an activating group) is 1. The highest BCUT2D eigenvalue weighted by Crippen LogP contribution is 2.21. The molecule has 2 rings (SSSR count). The molecule has 1 aliphatic heterocycles. The molecule has 6 nitrogen and oxygen atoms in total. The van der Waals surface area contributed by atoms with Gasteiger partial charge in [0.25, 0.3) is 0 Å². The van der Waals surface area contributed by atoms with Crippen molar-refractivity contribution in [2.75, 3.05) is 39.3 Å². The zero-order valence-electron chi connectivity index (χ0n) is 14.7. The minimum atomic E-state index is -1.02. The number of nitrogens with one attached hydrogen (secondary N) is 1. The predicted molar refractivity (Wildman–Crippen MR) is 104 cm³/mol. The zero-order valence-corrected chi connectivity index (χ0v) is 16.4. The second-order valence-electron chi connectivity index (χ2n) is 6.09. The number of amides is 2. The normalized spacial score (nSPS) is 16.8. The quantitative estimate of drug-likeness (QED) is 0.785. The number of nitrogens with zero attached hydrogens (tertiary/aromatic N) is 2. The van der Waals surface area contributed by atoms with Gasteiger partial charge < -0.3 is 16.0 Å². The van der Waals surface area contributed by atoms with Gasteiger partial charge in [-0.05, 0) is 19.4 Å². The van der Waals surface area contributed by atoms with Crippen molar-refractivity contribution in [1.29, 1.82) is 0 Å². The summed E-state index contributed by atoms with van der Waals surface area (Å²) in [5.74, 6) is -0.0402. The summed E-state index contributed by atoms with van der Waals surface area (Å²) in [5.41, 5.74) is 6.09. The van der Waals surface area contributed by atoms with Gasteiger partial charge in [0.1, 0.15) is 5.54 Å². The Morgan fingerprint density at radius 2 is 1.68 bits per heavy atom. The van der Waals surface area contributed by atoms with E-state index >= 15 is 0 Å². The van der Waals surface area contributed by atoms with E-state index in [0.717, 1.165) is 5.56 Å². The van der Waals surface area contributed by atoms with Gasteiger partial charge in [0.2, 0.25) is 11.8 Å². The summed E-state index contributed by atoms with van der Waals surface area (Å²) in [5, 5.41) is 2.79. The number of benzene rings is 1. The van der Waals surface area contributed by atoms with E-state index in [-0.39, 0.29) is 36.6 Å². The standard InChI is InChI=1S/C17H26N4O2.2ClH/c1-3-19-15(22)13-20-9-11-21(12-10-20)16(23)17(2,18)14-7-5-4-6-8-14;;/h4-8H,3,9-13,18H2,1-2H3,(H,19,22);2*1H. The van der Waals surface area contributed by atoms with Gasteiger partial charge >= 0.3 is 0 Å². The molecule has 1 fully saturated rings. The summed E-state index contributed by atoms with van der Waals surface area (Å²) in [4.78, 5) is 28.2. The summed E-state index contributed by atoms with van der Waals surface area (Å²) < 4.78 is 0. The lowest BCUT2D eigenvalue weighted by Crippen LogP contribution is -2.57. The monoisotopic (exact) mass is 390 g/mol. The Bertz CT molecular complexity index is 547. The van der Waals surface area contributed by atoms with Crippen LogP contribution in [-0.2, 0) is 15.1 Å². The number of nitrogens with two attached hydrogens (primary N) is 1. The average Bonchev–Trinajstić information content (AvgIpc) is 2.56. The number of carbonyl (C=O) groups is 2. The molecule has 1 aromatic rings.